The summed E-state index contributed by atoms with van der Waals surface area (Å²) < 4.78 is 35.8. The maximum atomic E-state index is 13.5. The highest BCUT2D eigenvalue weighted by Crippen LogP contribution is 2.25. The number of carboxylic acid groups (broad SMARTS) is 1. The molecule has 0 atom stereocenters. The van der Waals surface area contributed by atoms with Crippen LogP contribution in [0.15, 0.2) is 97.7 Å². The SMILES string of the molecule is CCN(Cc1ccccc1)C(=O)c1nc(-c2ccn(Cc3cccnc3)c2)n2ccccc12.O=C(O)C(F)(F)F. The van der Waals surface area contributed by atoms with Crippen LogP contribution in [-0.2, 0) is 17.9 Å². The van der Waals surface area contributed by atoms with Gasteiger partial charge in [0.2, 0.25) is 0 Å². The minimum absolute atomic E-state index is 0.0638. The molecule has 0 aliphatic carbocycles. The van der Waals surface area contributed by atoms with Crippen LogP contribution in [0.25, 0.3) is 16.9 Å². The first-order valence-corrected chi connectivity index (χ1v) is 12.3. The molecule has 5 rings (SSSR count). The maximum absolute atomic E-state index is 13.5. The second-order valence-corrected chi connectivity index (χ2v) is 8.78. The highest BCUT2D eigenvalue weighted by molar-refractivity contribution is 6.00. The van der Waals surface area contributed by atoms with Crippen molar-refractivity contribution in [1.82, 2.24) is 23.8 Å². The van der Waals surface area contributed by atoms with Crippen LogP contribution in [0, 0.1) is 0 Å². The van der Waals surface area contributed by atoms with Crippen LogP contribution in [-0.4, -0.2) is 53.5 Å². The van der Waals surface area contributed by atoms with Gasteiger partial charge in [-0.1, -0.05) is 42.5 Å². The van der Waals surface area contributed by atoms with Gasteiger partial charge in [-0.25, -0.2) is 9.78 Å². The molecule has 8 nitrogen and oxygen atoms in total. The molecule has 11 heteroatoms. The zero-order valence-electron chi connectivity index (χ0n) is 21.5. The minimum atomic E-state index is -5.08. The van der Waals surface area contributed by atoms with Crippen LogP contribution in [0.1, 0.15) is 28.5 Å². The zero-order valence-corrected chi connectivity index (χ0v) is 21.5. The van der Waals surface area contributed by atoms with E-state index in [-0.39, 0.29) is 5.91 Å². The molecule has 206 valence electrons. The third kappa shape index (κ3) is 6.73. The number of pyridine rings is 2. The normalized spacial score (nSPS) is 11.1. The van der Waals surface area contributed by atoms with E-state index in [0.29, 0.717) is 18.8 Å². The van der Waals surface area contributed by atoms with Crippen molar-refractivity contribution in [3.8, 4) is 11.4 Å². The van der Waals surface area contributed by atoms with Gasteiger partial charge in [0.25, 0.3) is 5.91 Å². The molecule has 0 saturated carbocycles. The number of hydrogen-bond donors (Lipinski definition) is 1. The predicted octanol–water partition coefficient (Wildman–Crippen LogP) is 5.54. The number of benzene rings is 1. The van der Waals surface area contributed by atoms with Gasteiger partial charge in [0.15, 0.2) is 5.69 Å². The summed E-state index contributed by atoms with van der Waals surface area (Å²) >= 11 is 0. The van der Waals surface area contributed by atoms with Crippen LogP contribution >= 0.6 is 0 Å². The number of carboxylic acids is 1. The Labute approximate surface area is 228 Å². The van der Waals surface area contributed by atoms with Gasteiger partial charge in [0.05, 0.1) is 5.52 Å². The summed E-state index contributed by atoms with van der Waals surface area (Å²) in [6.07, 6.45) is 4.61. The quantitative estimate of drug-likeness (QED) is 0.288. The summed E-state index contributed by atoms with van der Waals surface area (Å²) in [7, 11) is 0. The first-order valence-electron chi connectivity index (χ1n) is 12.3. The second-order valence-electron chi connectivity index (χ2n) is 8.78. The van der Waals surface area contributed by atoms with Gasteiger partial charge in [-0.3, -0.25) is 14.2 Å². The molecule has 1 aromatic carbocycles. The van der Waals surface area contributed by atoms with Gasteiger partial charge in [0.1, 0.15) is 5.82 Å². The smallest absolute Gasteiger partial charge is 0.475 e. The maximum Gasteiger partial charge on any atom is 0.490 e. The highest BCUT2D eigenvalue weighted by Gasteiger charge is 2.38. The lowest BCUT2D eigenvalue weighted by molar-refractivity contribution is -0.192. The molecule has 0 saturated heterocycles. The number of halogens is 3. The minimum Gasteiger partial charge on any atom is -0.475 e. The summed E-state index contributed by atoms with van der Waals surface area (Å²) in [5.74, 6) is -2.06. The lowest BCUT2D eigenvalue weighted by atomic mass is 10.2. The number of imidazole rings is 1. The van der Waals surface area contributed by atoms with Gasteiger partial charge in [0, 0.05) is 56.2 Å². The Morgan fingerprint density at radius 1 is 0.950 bits per heavy atom. The zero-order chi connectivity index (χ0) is 28.7. The molecule has 0 radical (unpaired) electrons. The van der Waals surface area contributed by atoms with Crippen LogP contribution in [0.5, 0.6) is 0 Å². The topological polar surface area (TPSA) is 92.7 Å². The molecule has 40 heavy (non-hydrogen) atoms. The second kappa shape index (κ2) is 12.3. The van der Waals surface area contributed by atoms with Crippen LogP contribution < -0.4 is 0 Å². The Morgan fingerprint density at radius 3 is 2.30 bits per heavy atom. The predicted molar refractivity (Wildman–Crippen MR) is 143 cm³/mol. The summed E-state index contributed by atoms with van der Waals surface area (Å²) in [4.78, 5) is 33.3. The summed E-state index contributed by atoms with van der Waals surface area (Å²) in [6, 6.07) is 21.9. The Balaban J connectivity index is 0.000000470. The van der Waals surface area contributed by atoms with Crippen molar-refractivity contribution in [2.75, 3.05) is 6.54 Å². The van der Waals surface area contributed by atoms with E-state index in [9.17, 15) is 18.0 Å². The van der Waals surface area contributed by atoms with Crippen molar-refractivity contribution >= 4 is 17.4 Å². The van der Waals surface area contributed by atoms with Gasteiger partial charge in [-0.15, -0.1) is 0 Å². The standard InChI is InChI=1S/C27H25N5O.C2HF3O2/c1-2-31(19-21-9-4-3-5-10-21)27(33)25-24-12-6-7-15-32(24)26(29-25)23-13-16-30(20-23)18-22-11-8-14-28-17-22;3-2(4,5)1(6)7/h3-17,20H,2,18-19H2,1H3;(H,6,7). The van der Waals surface area contributed by atoms with E-state index < -0.39 is 12.1 Å². The highest BCUT2D eigenvalue weighted by atomic mass is 19.4. The monoisotopic (exact) mass is 549 g/mol. The number of alkyl halides is 3. The number of aromatic nitrogens is 4. The van der Waals surface area contributed by atoms with Crippen molar-refractivity contribution in [3.05, 3.63) is 115 Å². The summed E-state index contributed by atoms with van der Waals surface area (Å²) in [5.41, 5.74) is 4.48. The fourth-order valence-electron chi connectivity index (χ4n) is 4.05. The van der Waals surface area contributed by atoms with E-state index in [0.717, 1.165) is 34.6 Å². The van der Waals surface area contributed by atoms with E-state index in [1.165, 1.54) is 0 Å². The van der Waals surface area contributed by atoms with Crippen molar-refractivity contribution in [2.24, 2.45) is 0 Å². The molecule has 5 aromatic rings. The van der Waals surface area contributed by atoms with Crippen molar-refractivity contribution < 1.29 is 27.9 Å². The van der Waals surface area contributed by atoms with Crippen LogP contribution in [0.3, 0.4) is 0 Å². The van der Waals surface area contributed by atoms with Crippen LogP contribution in [0.4, 0.5) is 13.2 Å². The molecule has 0 bridgehead atoms. The number of nitrogens with zero attached hydrogens (tertiary/aromatic N) is 5. The van der Waals surface area contributed by atoms with Crippen molar-refractivity contribution in [1.29, 1.82) is 0 Å². The first-order chi connectivity index (χ1) is 19.2. The average molecular weight is 550 g/mol. The Kier molecular flexibility index (Phi) is 8.63. The molecular weight excluding hydrogens is 523 g/mol. The molecule has 0 fully saturated rings. The summed E-state index contributed by atoms with van der Waals surface area (Å²) in [5, 5.41) is 7.12. The molecule has 4 aromatic heterocycles. The number of fused-ring (bicyclic) bond motifs is 1. The third-order valence-electron chi connectivity index (χ3n) is 5.98. The number of aliphatic carboxylic acids is 1. The average Bonchev–Trinajstić information content (AvgIpc) is 3.57. The lowest BCUT2D eigenvalue weighted by Crippen LogP contribution is -2.30. The first kappa shape index (κ1) is 28.1. The number of amides is 1. The van der Waals surface area contributed by atoms with Gasteiger partial charge in [-0.2, -0.15) is 13.2 Å². The fraction of sp³-hybridized carbons (Fsp3) is 0.172. The van der Waals surface area contributed by atoms with Gasteiger partial charge in [-0.05, 0) is 42.3 Å². The van der Waals surface area contributed by atoms with Crippen LogP contribution in [0.2, 0.25) is 0 Å². The number of carbonyl (C=O) groups is 2. The Morgan fingerprint density at radius 2 is 1.65 bits per heavy atom. The summed E-state index contributed by atoms with van der Waals surface area (Å²) in [6.45, 7) is 3.89. The van der Waals surface area contributed by atoms with E-state index >= 15 is 0 Å². The largest absolute Gasteiger partial charge is 0.490 e. The number of rotatable bonds is 7. The van der Waals surface area contributed by atoms with Gasteiger partial charge < -0.3 is 14.6 Å². The number of carbonyl (C=O) groups excluding carboxylic acids is 1. The fourth-order valence-corrected chi connectivity index (χ4v) is 4.05. The molecule has 1 amide bonds. The third-order valence-corrected chi connectivity index (χ3v) is 5.98. The van der Waals surface area contributed by atoms with E-state index in [1.807, 2.05) is 95.5 Å². The molecular formula is C29H26F3N5O3. The lowest BCUT2D eigenvalue weighted by Gasteiger charge is -2.20. The molecule has 0 spiro atoms. The number of hydrogen-bond acceptors (Lipinski definition) is 4. The molecule has 0 aliphatic rings. The Hall–Kier alpha value is -4.93. The molecule has 4 heterocycles. The van der Waals surface area contributed by atoms with Gasteiger partial charge >= 0.3 is 12.1 Å². The van der Waals surface area contributed by atoms with E-state index in [1.54, 1.807) is 6.20 Å². The Bertz CT molecular complexity index is 1580. The van der Waals surface area contributed by atoms with Crippen molar-refractivity contribution in [3.63, 3.8) is 0 Å². The molecule has 1 N–H and O–H groups in total. The van der Waals surface area contributed by atoms with E-state index in [4.69, 9.17) is 14.9 Å². The molecule has 0 unspecified atom stereocenters. The molecule has 0 aliphatic heterocycles. The van der Waals surface area contributed by atoms with Crippen molar-refractivity contribution in [2.45, 2.75) is 26.2 Å². The van der Waals surface area contributed by atoms with E-state index in [2.05, 4.69) is 21.8 Å².